The number of hydrogen-bond acceptors (Lipinski definition) is 7. The first-order valence-corrected chi connectivity index (χ1v) is 21.2. The second-order valence-electron chi connectivity index (χ2n) is 14.1. The van der Waals surface area contributed by atoms with Gasteiger partial charge in [-0.2, -0.15) is 0 Å². The van der Waals surface area contributed by atoms with Crippen molar-refractivity contribution >= 4 is 18.0 Å². The molecule has 0 saturated carbocycles. The van der Waals surface area contributed by atoms with Gasteiger partial charge in [-0.15, -0.1) is 0 Å². The normalized spacial score (nSPS) is 12.1. The van der Waals surface area contributed by atoms with Crippen molar-refractivity contribution in [3.05, 3.63) is 24.3 Å². The second kappa shape index (κ2) is 40.4. The number of esters is 2. The van der Waals surface area contributed by atoms with E-state index >= 15 is 0 Å². The molecule has 1 amide bonds. The van der Waals surface area contributed by atoms with E-state index in [0.29, 0.717) is 19.4 Å². The van der Waals surface area contributed by atoms with Gasteiger partial charge in [-0.1, -0.05) is 141 Å². The zero-order valence-corrected chi connectivity index (χ0v) is 33.5. The summed E-state index contributed by atoms with van der Waals surface area (Å²) in [6.45, 7) is 5.11. The quantitative estimate of drug-likeness (QED) is 0.0283. The Morgan fingerprint density at radius 1 is 0.490 bits per heavy atom. The molecule has 0 bridgehead atoms. The van der Waals surface area contributed by atoms with E-state index in [0.717, 1.165) is 51.4 Å². The van der Waals surface area contributed by atoms with Crippen LogP contribution < -0.4 is 10.6 Å². The number of unbranched alkanes of at least 4 members (excludes halogenated alkanes) is 22. The summed E-state index contributed by atoms with van der Waals surface area (Å²) in [5.41, 5.74) is 0. The smallest absolute Gasteiger partial charge is 0.407 e. The third-order valence-electron chi connectivity index (χ3n) is 9.08. The molecular formula is C43H80N2O6. The molecule has 0 aromatic carbocycles. The molecule has 8 nitrogen and oxygen atoms in total. The number of hydrogen-bond donors (Lipinski definition) is 2. The van der Waals surface area contributed by atoms with Gasteiger partial charge in [0.1, 0.15) is 25.9 Å². The zero-order valence-electron chi connectivity index (χ0n) is 33.5. The summed E-state index contributed by atoms with van der Waals surface area (Å²) >= 11 is 0. The van der Waals surface area contributed by atoms with Crippen LogP contribution in [-0.2, 0) is 23.8 Å². The van der Waals surface area contributed by atoms with Gasteiger partial charge in [0.15, 0.2) is 0 Å². The summed E-state index contributed by atoms with van der Waals surface area (Å²) in [5.74, 6) is -0.606. The number of nitrogens with one attached hydrogen (secondary N) is 2. The lowest BCUT2D eigenvalue weighted by atomic mass is 10.1. The fourth-order valence-electron chi connectivity index (χ4n) is 5.80. The predicted molar refractivity (Wildman–Crippen MR) is 213 cm³/mol. The number of ether oxygens (including phenoxy) is 3. The van der Waals surface area contributed by atoms with Gasteiger partial charge in [-0.05, 0) is 71.3 Å². The van der Waals surface area contributed by atoms with E-state index in [-0.39, 0.29) is 31.8 Å². The molecular weight excluding hydrogens is 640 g/mol. The highest BCUT2D eigenvalue weighted by atomic mass is 16.6. The lowest BCUT2D eigenvalue weighted by Crippen LogP contribution is -2.43. The minimum absolute atomic E-state index is 0.0638. The van der Waals surface area contributed by atoms with Gasteiger partial charge in [-0.25, -0.2) is 4.79 Å². The van der Waals surface area contributed by atoms with Crippen molar-refractivity contribution in [3.8, 4) is 0 Å². The Morgan fingerprint density at radius 2 is 0.843 bits per heavy atom. The number of rotatable bonds is 38. The Hall–Kier alpha value is -2.35. The van der Waals surface area contributed by atoms with E-state index in [1.54, 1.807) is 7.05 Å². The lowest BCUT2D eigenvalue weighted by molar-refractivity contribution is -0.147. The first-order valence-electron chi connectivity index (χ1n) is 21.2. The molecule has 0 aliphatic rings. The van der Waals surface area contributed by atoms with E-state index in [2.05, 4.69) is 48.8 Å². The predicted octanol–water partition coefficient (Wildman–Crippen LogP) is 11.5. The highest BCUT2D eigenvalue weighted by Crippen LogP contribution is 2.12. The molecule has 8 heteroatoms. The molecule has 0 unspecified atom stereocenters. The van der Waals surface area contributed by atoms with Crippen LogP contribution in [0.4, 0.5) is 4.79 Å². The van der Waals surface area contributed by atoms with E-state index in [1.807, 2.05) is 0 Å². The highest BCUT2D eigenvalue weighted by Gasteiger charge is 2.18. The average molecular weight is 721 g/mol. The molecule has 0 aliphatic heterocycles. The van der Waals surface area contributed by atoms with Crippen LogP contribution in [0.3, 0.4) is 0 Å². The SMILES string of the molecule is CCCCCCCCC=CCCCCCCCC(=O)OCC(COC(=O)CCCCCCCC=CCCCCCCCC)NC(=O)OCCNC. The van der Waals surface area contributed by atoms with Crippen molar-refractivity contribution in [3.63, 3.8) is 0 Å². The lowest BCUT2D eigenvalue weighted by Gasteiger charge is -2.19. The summed E-state index contributed by atoms with van der Waals surface area (Å²) in [7, 11) is 1.77. The average Bonchev–Trinajstić information content (AvgIpc) is 3.12. The molecule has 0 aromatic heterocycles. The topological polar surface area (TPSA) is 103 Å². The number of carbonyl (C=O) groups is 3. The van der Waals surface area contributed by atoms with E-state index < -0.39 is 12.1 Å². The maximum Gasteiger partial charge on any atom is 0.407 e. The molecule has 0 saturated heterocycles. The molecule has 0 fully saturated rings. The number of allylic oxidation sites excluding steroid dienone is 4. The molecule has 2 N–H and O–H groups in total. The van der Waals surface area contributed by atoms with Gasteiger partial charge in [0.25, 0.3) is 0 Å². The summed E-state index contributed by atoms with van der Waals surface area (Å²) in [6.07, 6.45) is 40.6. The maximum absolute atomic E-state index is 12.4. The Labute approximate surface area is 314 Å². The van der Waals surface area contributed by atoms with Gasteiger partial charge in [0, 0.05) is 19.4 Å². The van der Waals surface area contributed by atoms with Crippen molar-refractivity contribution in [2.75, 3.05) is 33.4 Å². The minimum atomic E-state index is -0.664. The van der Waals surface area contributed by atoms with Crippen molar-refractivity contribution in [2.24, 2.45) is 0 Å². The third kappa shape index (κ3) is 38.7. The van der Waals surface area contributed by atoms with Gasteiger partial charge in [-0.3, -0.25) is 9.59 Å². The second-order valence-corrected chi connectivity index (χ2v) is 14.1. The summed E-state index contributed by atoms with van der Waals surface area (Å²) in [5, 5.41) is 5.59. The summed E-state index contributed by atoms with van der Waals surface area (Å²) < 4.78 is 16.0. The van der Waals surface area contributed by atoms with Crippen molar-refractivity contribution < 1.29 is 28.6 Å². The van der Waals surface area contributed by atoms with Crippen LogP contribution in [0.5, 0.6) is 0 Å². The molecule has 0 atom stereocenters. The Balaban J connectivity index is 4.08. The fraction of sp³-hybridized carbons (Fsp3) is 0.837. The number of alkyl carbamates (subject to hydrolysis) is 1. The molecule has 0 aromatic rings. The molecule has 298 valence electrons. The standard InChI is InChI=1S/C43H80N2O6/c1-4-6-8-10-12-14-16-18-20-22-24-26-28-30-32-34-41(46)50-38-40(45-43(48)49-37-36-44-3)39-51-42(47)35-33-31-29-27-25-23-21-19-17-15-13-11-9-7-5-2/h18-21,40,44H,4-17,22-39H2,1-3H3,(H,45,48). The van der Waals surface area contributed by atoms with Gasteiger partial charge in [0.2, 0.25) is 0 Å². The van der Waals surface area contributed by atoms with Crippen LogP contribution in [0.15, 0.2) is 24.3 Å². The van der Waals surface area contributed by atoms with Crippen molar-refractivity contribution in [1.82, 2.24) is 10.6 Å². The van der Waals surface area contributed by atoms with Crippen molar-refractivity contribution in [1.29, 1.82) is 0 Å². The molecule has 0 radical (unpaired) electrons. The van der Waals surface area contributed by atoms with Crippen LogP contribution in [0.2, 0.25) is 0 Å². The number of amides is 1. The summed E-state index contributed by atoms with van der Waals surface area (Å²) in [4.78, 5) is 37.0. The monoisotopic (exact) mass is 721 g/mol. The van der Waals surface area contributed by atoms with Gasteiger partial charge >= 0.3 is 18.0 Å². The van der Waals surface area contributed by atoms with Crippen LogP contribution in [0, 0.1) is 0 Å². The van der Waals surface area contributed by atoms with Crippen LogP contribution in [-0.4, -0.2) is 57.5 Å². The summed E-state index contributed by atoms with van der Waals surface area (Å²) in [6, 6.07) is -0.664. The van der Waals surface area contributed by atoms with Crippen LogP contribution in [0.25, 0.3) is 0 Å². The number of likely N-dealkylation sites (N-methyl/N-ethyl adjacent to an activating group) is 1. The molecule has 0 rings (SSSR count). The molecule has 0 aliphatic carbocycles. The minimum Gasteiger partial charge on any atom is -0.463 e. The van der Waals surface area contributed by atoms with Gasteiger partial charge in [0.05, 0.1) is 0 Å². The molecule has 0 spiro atoms. The van der Waals surface area contributed by atoms with Crippen LogP contribution in [0.1, 0.15) is 194 Å². The first-order chi connectivity index (χ1) is 25.0. The Morgan fingerprint density at radius 3 is 1.22 bits per heavy atom. The number of carbonyl (C=O) groups excluding carboxylic acids is 3. The molecule has 51 heavy (non-hydrogen) atoms. The Bertz CT molecular complexity index is 790. The van der Waals surface area contributed by atoms with E-state index in [4.69, 9.17) is 14.2 Å². The van der Waals surface area contributed by atoms with Crippen molar-refractivity contribution in [2.45, 2.75) is 200 Å². The fourth-order valence-corrected chi connectivity index (χ4v) is 5.80. The zero-order chi connectivity index (χ0) is 37.3. The van der Waals surface area contributed by atoms with E-state index in [9.17, 15) is 14.4 Å². The first kappa shape index (κ1) is 48.6. The van der Waals surface area contributed by atoms with Gasteiger partial charge < -0.3 is 24.8 Å². The highest BCUT2D eigenvalue weighted by molar-refractivity contribution is 5.70. The largest absolute Gasteiger partial charge is 0.463 e. The molecule has 0 heterocycles. The third-order valence-corrected chi connectivity index (χ3v) is 9.08. The van der Waals surface area contributed by atoms with E-state index in [1.165, 1.54) is 116 Å². The van der Waals surface area contributed by atoms with Crippen LogP contribution >= 0.6 is 0 Å². The maximum atomic E-state index is 12.4. The Kier molecular flexibility index (Phi) is 38.6.